The predicted octanol–water partition coefficient (Wildman–Crippen LogP) is 2.91. The van der Waals surface area contributed by atoms with Crippen LogP contribution >= 0.6 is 0 Å². The van der Waals surface area contributed by atoms with Gasteiger partial charge in [0.2, 0.25) is 11.8 Å². The monoisotopic (exact) mass is 406 g/mol. The number of benzene rings is 2. The fourth-order valence-corrected chi connectivity index (χ4v) is 2.78. The number of rotatable bonds is 7. The Morgan fingerprint density at radius 3 is 2.17 bits per heavy atom. The third-order valence-corrected chi connectivity index (χ3v) is 4.11. The molecule has 1 heterocycles. The number of carbonyl (C=O) groups excluding carboxylic acids is 2. The minimum atomic E-state index is -0.388. The van der Waals surface area contributed by atoms with Crippen molar-refractivity contribution in [2.45, 2.75) is 20.4 Å². The third kappa shape index (κ3) is 5.54. The first kappa shape index (κ1) is 20.8. The van der Waals surface area contributed by atoms with Gasteiger partial charge in [0.1, 0.15) is 12.3 Å². The number of nitrogens with one attached hydrogen (secondary N) is 2. The molecule has 0 saturated heterocycles. The predicted molar refractivity (Wildman–Crippen MR) is 114 cm³/mol. The first-order chi connectivity index (χ1) is 14.4. The van der Waals surface area contributed by atoms with Crippen molar-refractivity contribution in [1.82, 2.24) is 9.78 Å². The van der Waals surface area contributed by atoms with Gasteiger partial charge in [0.15, 0.2) is 0 Å². The lowest BCUT2D eigenvalue weighted by molar-refractivity contribution is -0.117. The van der Waals surface area contributed by atoms with E-state index in [0.717, 1.165) is 16.0 Å². The van der Waals surface area contributed by atoms with Gasteiger partial charge in [-0.2, -0.15) is 5.10 Å². The highest BCUT2D eigenvalue weighted by Crippen LogP contribution is 2.20. The number of carbonyl (C=O) groups is 2. The van der Waals surface area contributed by atoms with E-state index in [4.69, 9.17) is 4.74 Å². The molecule has 0 aliphatic heterocycles. The molecule has 0 fully saturated rings. The average Bonchev–Trinajstić information content (AvgIpc) is 2.72. The Morgan fingerprint density at radius 1 is 0.933 bits per heavy atom. The summed E-state index contributed by atoms with van der Waals surface area (Å²) in [5.74, 6) is 0.184. The molecule has 30 heavy (non-hydrogen) atoms. The Morgan fingerprint density at radius 2 is 1.57 bits per heavy atom. The zero-order valence-corrected chi connectivity index (χ0v) is 16.7. The second kappa shape index (κ2) is 9.51. The Labute approximate surface area is 173 Å². The van der Waals surface area contributed by atoms with Crippen LogP contribution in [0.15, 0.2) is 65.5 Å². The quantitative estimate of drug-likeness (QED) is 0.628. The molecule has 0 bridgehead atoms. The maximum Gasteiger partial charge on any atom is 0.267 e. The number of hydrogen-bond donors (Lipinski definition) is 2. The summed E-state index contributed by atoms with van der Waals surface area (Å²) in [5, 5.41) is 9.66. The Hall–Kier alpha value is -3.94. The van der Waals surface area contributed by atoms with E-state index in [1.807, 2.05) is 31.2 Å². The number of hydrogen-bond acceptors (Lipinski definition) is 5. The van der Waals surface area contributed by atoms with E-state index in [-0.39, 0.29) is 23.9 Å². The summed E-state index contributed by atoms with van der Waals surface area (Å²) < 4.78 is 6.54. The summed E-state index contributed by atoms with van der Waals surface area (Å²) in [7, 11) is 0. The number of anilines is 2. The third-order valence-electron chi connectivity index (χ3n) is 4.11. The van der Waals surface area contributed by atoms with E-state index in [0.29, 0.717) is 23.7 Å². The molecule has 0 saturated carbocycles. The van der Waals surface area contributed by atoms with Crippen molar-refractivity contribution in [2.24, 2.45) is 0 Å². The van der Waals surface area contributed by atoms with Crippen LogP contribution in [-0.4, -0.2) is 28.2 Å². The van der Waals surface area contributed by atoms with Crippen LogP contribution in [0.5, 0.6) is 5.75 Å². The van der Waals surface area contributed by atoms with Crippen LogP contribution < -0.4 is 20.9 Å². The van der Waals surface area contributed by atoms with Crippen LogP contribution in [0.1, 0.15) is 13.8 Å². The maximum absolute atomic E-state index is 12.4. The molecule has 3 aromatic rings. The smallest absolute Gasteiger partial charge is 0.267 e. The Kier molecular flexibility index (Phi) is 6.59. The minimum absolute atomic E-state index is 0.176. The highest BCUT2D eigenvalue weighted by molar-refractivity contribution is 5.92. The van der Waals surface area contributed by atoms with E-state index in [1.165, 1.54) is 13.0 Å². The summed E-state index contributed by atoms with van der Waals surface area (Å²) >= 11 is 0. The summed E-state index contributed by atoms with van der Waals surface area (Å²) in [6, 6.07) is 17.0. The molecule has 0 radical (unpaired) electrons. The highest BCUT2D eigenvalue weighted by atomic mass is 16.5. The second-order valence-electron chi connectivity index (χ2n) is 6.48. The largest absolute Gasteiger partial charge is 0.494 e. The molecule has 0 unspecified atom stereocenters. The van der Waals surface area contributed by atoms with Gasteiger partial charge in [0.25, 0.3) is 5.56 Å². The zero-order chi connectivity index (χ0) is 21.5. The molecular weight excluding hydrogens is 384 g/mol. The number of aromatic nitrogens is 2. The Bertz CT molecular complexity index is 1090. The topological polar surface area (TPSA) is 102 Å². The fourth-order valence-electron chi connectivity index (χ4n) is 2.78. The van der Waals surface area contributed by atoms with E-state index in [1.54, 1.807) is 30.3 Å². The van der Waals surface area contributed by atoms with Gasteiger partial charge in [-0.05, 0) is 61.5 Å². The van der Waals surface area contributed by atoms with Gasteiger partial charge in [0, 0.05) is 29.9 Å². The van der Waals surface area contributed by atoms with Gasteiger partial charge in [-0.1, -0.05) is 0 Å². The standard InChI is InChI=1S/C22H22N4O4/c1-3-30-19-10-4-16(5-11-19)20-12-13-22(29)26(25-20)14-21(28)24-18-8-6-17(7-9-18)23-15(2)27/h4-13H,3,14H2,1-2H3,(H,23,27)(H,24,28). The van der Waals surface area contributed by atoms with Crippen LogP contribution in [-0.2, 0) is 16.1 Å². The molecule has 8 heteroatoms. The first-order valence-corrected chi connectivity index (χ1v) is 9.43. The molecule has 0 spiro atoms. The molecule has 154 valence electrons. The van der Waals surface area contributed by atoms with E-state index < -0.39 is 0 Å². The molecule has 0 aliphatic rings. The van der Waals surface area contributed by atoms with Crippen LogP contribution in [0.25, 0.3) is 11.3 Å². The average molecular weight is 406 g/mol. The molecule has 0 atom stereocenters. The first-order valence-electron chi connectivity index (χ1n) is 9.43. The lowest BCUT2D eigenvalue weighted by atomic mass is 10.1. The van der Waals surface area contributed by atoms with Gasteiger partial charge in [-0.25, -0.2) is 4.68 Å². The van der Waals surface area contributed by atoms with Crippen molar-refractivity contribution in [3.8, 4) is 17.0 Å². The molecule has 1 aromatic heterocycles. The summed E-state index contributed by atoms with van der Waals surface area (Å²) in [6.07, 6.45) is 0. The number of ether oxygens (including phenoxy) is 1. The van der Waals surface area contributed by atoms with E-state index in [9.17, 15) is 14.4 Å². The maximum atomic E-state index is 12.4. The molecule has 0 aliphatic carbocycles. The van der Waals surface area contributed by atoms with E-state index >= 15 is 0 Å². The Balaban J connectivity index is 1.70. The molecule has 2 amide bonds. The van der Waals surface area contributed by atoms with Gasteiger partial charge >= 0.3 is 0 Å². The van der Waals surface area contributed by atoms with Crippen molar-refractivity contribution >= 4 is 23.2 Å². The molecular formula is C22H22N4O4. The number of amides is 2. The van der Waals surface area contributed by atoms with Gasteiger partial charge in [0.05, 0.1) is 12.3 Å². The summed E-state index contributed by atoms with van der Waals surface area (Å²) in [4.78, 5) is 35.6. The fraction of sp³-hybridized carbons (Fsp3) is 0.182. The number of nitrogens with zero attached hydrogens (tertiary/aromatic N) is 2. The minimum Gasteiger partial charge on any atom is -0.494 e. The van der Waals surface area contributed by atoms with Crippen molar-refractivity contribution in [3.05, 3.63) is 71.0 Å². The van der Waals surface area contributed by atoms with Crippen molar-refractivity contribution in [2.75, 3.05) is 17.2 Å². The lowest BCUT2D eigenvalue weighted by Crippen LogP contribution is -2.29. The molecule has 2 aromatic carbocycles. The molecule has 8 nitrogen and oxygen atoms in total. The van der Waals surface area contributed by atoms with Gasteiger partial charge in [-0.15, -0.1) is 0 Å². The van der Waals surface area contributed by atoms with Gasteiger partial charge in [-0.3, -0.25) is 14.4 Å². The van der Waals surface area contributed by atoms with E-state index in [2.05, 4.69) is 15.7 Å². The van der Waals surface area contributed by atoms with Crippen molar-refractivity contribution in [1.29, 1.82) is 0 Å². The summed E-state index contributed by atoms with van der Waals surface area (Å²) in [6.45, 7) is 3.68. The second-order valence-corrected chi connectivity index (χ2v) is 6.48. The van der Waals surface area contributed by atoms with Crippen molar-refractivity contribution in [3.63, 3.8) is 0 Å². The lowest BCUT2D eigenvalue weighted by Gasteiger charge is -2.09. The normalized spacial score (nSPS) is 10.3. The van der Waals surface area contributed by atoms with Crippen LogP contribution in [0.3, 0.4) is 0 Å². The highest BCUT2D eigenvalue weighted by Gasteiger charge is 2.09. The summed E-state index contributed by atoms with van der Waals surface area (Å²) in [5.41, 5.74) is 2.18. The zero-order valence-electron chi connectivity index (χ0n) is 16.7. The van der Waals surface area contributed by atoms with Crippen LogP contribution in [0.4, 0.5) is 11.4 Å². The van der Waals surface area contributed by atoms with Crippen molar-refractivity contribution < 1.29 is 14.3 Å². The van der Waals surface area contributed by atoms with Crippen LogP contribution in [0, 0.1) is 0 Å². The molecule has 2 N–H and O–H groups in total. The van der Waals surface area contributed by atoms with Crippen LogP contribution in [0.2, 0.25) is 0 Å². The SMILES string of the molecule is CCOc1ccc(-c2ccc(=O)n(CC(=O)Nc3ccc(NC(C)=O)cc3)n2)cc1. The van der Waals surface area contributed by atoms with Gasteiger partial charge < -0.3 is 15.4 Å². The molecule has 3 rings (SSSR count).